The topological polar surface area (TPSA) is 92.7 Å². The molecule has 1 saturated carbocycles. The van der Waals surface area contributed by atoms with Crippen molar-refractivity contribution in [1.29, 1.82) is 0 Å². The van der Waals surface area contributed by atoms with Crippen molar-refractivity contribution in [3.05, 3.63) is 49.8 Å². The maximum absolute atomic E-state index is 13.3. The van der Waals surface area contributed by atoms with Gasteiger partial charge in [0.15, 0.2) is 0 Å². The molecular formula is C23H29NO5S. The van der Waals surface area contributed by atoms with E-state index in [2.05, 4.69) is 29.1 Å². The van der Waals surface area contributed by atoms with Crippen LogP contribution >= 0.6 is 11.3 Å². The number of amides is 1. The zero-order valence-corrected chi connectivity index (χ0v) is 18.5. The Hall–Kier alpha value is -2.41. The first-order valence-electron chi connectivity index (χ1n) is 10.4. The van der Waals surface area contributed by atoms with Crippen LogP contribution < -0.4 is 10.7 Å². The molecule has 30 heavy (non-hydrogen) atoms. The van der Waals surface area contributed by atoms with Crippen LogP contribution in [-0.2, 0) is 16.0 Å². The molecule has 162 valence electrons. The first kappa shape index (κ1) is 22.3. The van der Waals surface area contributed by atoms with E-state index in [0.29, 0.717) is 24.2 Å². The van der Waals surface area contributed by atoms with E-state index in [-0.39, 0.29) is 17.0 Å². The predicted molar refractivity (Wildman–Crippen MR) is 118 cm³/mol. The molecule has 1 heterocycles. The largest absolute Gasteiger partial charge is 0.478 e. The first-order chi connectivity index (χ1) is 14.3. The SMILES string of the molecule is COC(=O)Nc1csc2c(c1=O)[C@H](C=CCCC(C)=CC(=O)O)[C@H]1[C@@H](CC[C@@H]1C)C2. The predicted octanol–water partition coefficient (Wildman–Crippen LogP) is 4.96. The Balaban J connectivity index is 1.91. The van der Waals surface area contributed by atoms with E-state index in [0.717, 1.165) is 28.9 Å². The third kappa shape index (κ3) is 4.83. The summed E-state index contributed by atoms with van der Waals surface area (Å²) in [6.45, 7) is 4.08. The minimum absolute atomic E-state index is 0.0168. The van der Waals surface area contributed by atoms with Crippen LogP contribution in [0.3, 0.4) is 0 Å². The maximum atomic E-state index is 13.3. The van der Waals surface area contributed by atoms with Crippen molar-refractivity contribution in [2.24, 2.45) is 17.8 Å². The number of rotatable bonds is 6. The van der Waals surface area contributed by atoms with Crippen LogP contribution in [0.4, 0.5) is 10.5 Å². The minimum atomic E-state index is -0.927. The quantitative estimate of drug-likeness (QED) is 0.491. The van der Waals surface area contributed by atoms with Crippen molar-refractivity contribution in [2.75, 3.05) is 12.4 Å². The number of aliphatic carboxylic acids is 1. The summed E-state index contributed by atoms with van der Waals surface area (Å²) in [7, 11) is 1.28. The molecule has 0 aromatic carbocycles. The number of ether oxygens (including phenoxy) is 1. The molecule has 2 N–H and O–H groups in total. The summed E-state index contributed by atoms with van der Waals surface area (Å²) >= 11 is 1.53. The van der Waals surface area contributed by atoms with Crippen molar-refractivity contribution in [2.45, 2.75) is 51.9 Å². The van der Waals surface area contributed by atoms with E-state index in [1.807, 2.05) is 6.92 Å². The number of carboxylic acid groups (broad SMARTS) is 1. The van der Waals surface area contributed by atoms with E-state index in [9.17, 15) is 14.4 Å². The van der Waals surface area contributed by atoms with Crippen molar-refractivity contribution < 1.29 is 19.4 Å². The summed E-state index contributed by atoms with van der Waals surface area (Å²) < 4.78 is 4.65. The molecule has 2 aliphatic rings. The fourth-order valence-electron chi connectivity index (χ4n) is 4.97. The molecule has 1 aromatic rings. The molecule has 4 atom stereocenters. The third-order valence-corrected chi connectivity index (χ3v) is 7.36. The van der Waals surface area contributed by atoms with Gasteiger partial charge >= 0.3 is 12.1 Å². The van der Waals surface area contributed by atoms with E-state index in [1.165, 1.54) is 37.4 Å². The molecule has 3 rings (SSSR count). The number of methoxy groups -OCH3 is 1. The van der Waals surface area contributed by atoms with Gasteiger partial charge in [0.2, 0.25) is 5.43 Å². The van der Waals surface area contributed by atoms with E-state index in [1.54, 1.807) is 5.38 Å². The number of fused-ring (bicyclic) bond motifs is 2. The third-order valence-electron chi connectivity index (χ3n) is 6.34. The summed E-state index contributed by atoms with van der Waals surface area (Å²) in [5.74, 6) is 0.614. The highest BCUT2D eigenvalue weighted by atomic mass is 32.1. The zero-order chi connectivity index (χ0) is 21.8. The summed E-state index contributed by atoms with van der Waals surface area (Å²) in [6.07, 6.45) is 9.48. The molecule has 6 nitrogen and oxygen atoms in total. The Morgan fingerprint density at radius 1 is 1.37 bits per heavy atom. The van der Waals surface area contributed by atoms with Gasteiger partial charge in [-0.25, -0.2) is 9.59 Å². The second kappa shape index (κ2) is 9.60. The lowest BCUT2D eigenvalue weighted by molar-refractivity contribution is -0.131. The molecule has 0 radical (unpaired) electrons. The number of hydrogen-bond acceptors (Lipinski definition) is 5. The van der Waals surface area contributed by atoms with E-state index in [4.69, 9.17) is 5.11 Å². The molecule has 1 aromatic heterocycles. The standard InChI is InChI=1S/C23H29NO5S/c1-13(10-19(25)26)6-4-5-7-16-20-14(2)8-9-15(20)11-18-21(16)22(27)17(12-30-18)24-23(28)29-3/h5,7,10,12,14-16,20H,4,6,8-9,11H2,1-3H3,(H,24,28)(H,25,26)/t14-,15-,16+,20+/m0/s1. The smallest absolute Gasteiger partial charge is 0.411 e. The summed E-state index contributed by atoms with van der Waals surface area (Å²) in [5.41, 5.74) is 1.77. The number of allylic oxidation sites excluding steroid dienone is 3. The zero-order valence-electron chi connectivity index (χ0n) is 17.6. The van der Waals surface area contributed by atoms with Crippen LogP contribution in [0, 0.1) is 17.8 Å². The maximum Gasteiger partial charge on any atom is 0.411 e. The molecule has 1 amide bonds. The van der Waals surface area contributed by atoms with E-state index < -0.39 is 12.1 Å². The molecule has 2 aliphatic carbocycles. The van der Waals surface area contributed by atoms with Crippen LogP contribution in [0.5, 0.6) is 0 Å². The molecule has 0 spiro atoms. The van der Waals surface area contributed by atoms with Gasteiger partial charge in [-0.15, -0.1) is 11.3 Å². The minimum Gasteiger partial charge on any atom is -0.478 e. The normalized spacial score (nSPS) is 25.6. The number of hydrogen-bond donors (Lipinski definition) is 2. The van der Waals surface area contributed by atoms with Crippen LogP contribution in [0.25, 0.3) is 0 Å². The van der Waals surface area contributed by atoms with Crippen molar-refractivity contribution in [1.82, 2.24) is 0 Å². The molecule has 1 fully saturated rings. The lowest BCUT2D eigenvalue weighted by atomic mass is 9.70. The number of carbonyl (C=O) groups is 2. The van der Waals surface area contributed by atoms with Crippen molar-refractivity contribution >= 4 is 29.1 Å². The van der Waals surface area contributed by atoms with E-state index >= 15 is 0 Å². The monoisotopic (exact) mass is 431 g/mol. The van der Waals surface area contributed by atoms with Gasteiger partial charge in [-0.3, -0.25) is 10.1 Å². The Labute approximate surface area is 180 Å². The Morgan fingerprint density at radius 3 is 2.83 bits per heavy atom. The second-order valence-corrected chi connectivity index (χ2v) is 9.31. The number of carbonyl (C=O) groups excluding carboxylic acids is 1. The highest BCUT2D eigenvalue weighted by molar-refractivity contribution is 7.10. The highest BCUT2D eigenvalue weighted by Crippen LogP contribution is 2.51. The number of nitrogens with one attached hydrogen (secondary N) is 1. The Morgan fingerprint density at radius 2 is 2.13 bits per heavy atom. The van der Waals surface area contributed by atoms with Gasteiger partial charge in [0.1, 0.15) is 5.69 Å². The van der Waals surface area contributed by atoms with Gasteiger partial charge in [0, 0.05) is 27.8 Å². The fourth-order valence-corrected chi connectivity index (χ4v) is 6.06. The Kier molecular flexibility index (Phi) is 7.13. The lowest BCUT2D eigenvalue weighted by Crippen LogP contribution is -2.33. The van der Waals surface area contributed by atoms with Gasteiger partial charge in [0.05, 0.1) is 7.11 Å². The molecule has 0 saturated heterocycles. The molecule has 0 bridgehead atoms. The van der Waals surface area contributed by atoms with Gasteiger partial charge in [-0.2, -0.15) is 0 Å². The Bertz CT molecular complexity index is 932. The van der Waals surface area contributed by atoms with Crippen LogP contribution in [0.15, 0.2) is 34.0 Å². The van der Waals surface area contributed by atoms with Gasteiger partial charge in [-0.1, -0.05) is 31.1 Å². The average Bonchev–Trinajstić information content (AvgIpc) is 3.06. The number of carboxylic acids is 1. The second-order valence-electron chi connectivity index (χ2n) is 8.35. The highest BCUT2D eigenvalue weighted by Gasteiger charge is 2.43. The average molecular weight is 432 g/mol. The van der Waals surface area contributed by atoms with Crippen molar-refractivity contribution in [3.63, 3.8) is 0 Å². The van der Waals surface area contributed by atoms with Crippen LogP contribution in [-0.4, -0.2) is 24.3 Å². The molecular weight excluding hydrogens is 402 g/mol. The molecule has 7 heteroatoms. The van der Waals surface area contributed by atoms with Gasteiger partial charge < -0.3 is 9.84 Å². The summed E-state index contributed by atoms with van der Waals surface area (Å²) in [6, 6.07) is 0. The summed E-state index contributed by atoms with van der Waals surface area (Å²) in [4.78, 5) is 36.8. The lowest BCUT2D eigenvalue weighted by Gasteiger charge is -2.36. The first-order valence-corrected chi connectivity index (χ1v) is 11.3. The van der Waals surface area contributed by atoms with Gasteiger partial charge in [0.25, 0.3) is 0 Å². The van der Waals surface area contributed by atoms with Gasteiger partial charge in [-0.05, 0) is 50.4 Å². The fraction of sp³-hybridized carbons (Fsp3) is 0.522. The van der Waals surface area contributed by atoms with Crippen LogP contribution in [0.1, 0.15) is 55.9 Å². The summed E-state index contributed by atoms with van der Waals surface area (Å²) in [5, 5.41) is 13.1. The van der Waals surface area contributed by atoms with Crippen molar-refractivity contribution in [3.8, 4) is 0 Å². The molecule has 0 aliphatic heterocycles. The number of anilines is 1. The van der Waals surface area contributed by atoms with Crippen LogP contribution in [0.2, 0.25) is 0 Å². The molecule has 0 unspecified atom stereocenters.